The minimum Gasteiger partial charge on any atom is -0.371 e. The summed E-state index contributed by atoms with van der Waals surface area (Å²) in [5.74, 6) is 0.702. The molecule has 0 spiro atoms. The number of carbonyl (C=O) groups is 1. The van der Waals surface area contributed by atoms with Gasteiger partial charge in [0.05, 0.1) is 6.54 Å². The average molecular weight is 364 g/mol. The number of anilines is 1. The van der Waals surface area contributed by atoms with Crippen LogP contribution in [0.1, 0.15) is 30.9 Å². The molecule has 2 fully saturated rings. The molecule has 0 aliphatic carbocycles. The summed E-state index contributed by atoms with van der Waals surface area (Å²) in [6.07, 6.45) is 3.46. The molecule has 1 amide bonds. The monoisotopic (exact) mass is 363 g/mol. The summed E-state index contributed by atoms with van der Waals surface area (Å²) >= 11 is 0. The Morgan fingerprint density at radius 3 is 2.48 bits per heavy atom. The summed E-state index contributed by atoms with van der Waals surface area (Å²) in [5.41, 5.74) is 2.62. The second-order valence-corrected chi connectivity index (χ2v) is 7.78. The highest BCUT2D eigenvalue weighted by Gasteiger charge is 2.28. The van der Waals surface area contributed by atoms with E-state index in [0.717, 1.165) is 39.0 Å². The van der Waals surface area contributed by atoms with Crippen LogP contribution in [0.4, 0.5) is 5.69 Å². The van der Waals surface area contributed by atoms with Gasteiger partial charge in [0.2, 0.25) is 5.91 Å². The van der Waals surface area contributed by atoms with E-state index in [1.165, 1.54) is 17.7 Å². The van der Waals surface area contributed by atoms with Crippen LogP contribution < -0.4 is 10.2 Å². The lowest BCUT2D eigenvalue weighted by molar-refractivity contribution is -0.122. The molecular weight excluding hydrogens is 334 g/mol. The van der Waals surface area contributed by atoms with Gasteiger partial charge in [0.1, 0.15) is 0 Å². The molecule has 2 aromatic carbocycles. The molecule has 2 saturated heterocycles. The second kappa shape index (κ2) is 8.57. The first kappa shape index (κ1) is 18.1. The quantitative estimate of drug-likeness (QED) is 0.854. The van der Waals surface area contributed by atoms with Crippen molar-refractivity contribution in [1.29, 1.82) is 0 Å². The smallest absolute Gasteiger partial charge is 0.234 e. The molecule has 4 nitrogen and oxygen atoms in total. The number of carbonyl (C=O) groups excluding carboxylic acids is 1. The molecule has 2 atom stereocenters. The molecule has 2 heterocycles. The minimum atomic E-state index is 0.163. The highest BCUT2D eigenvalue weighted by Crippen LogP contribution is 2.31. The molecule has 0 aromatic heterocycles. The molecule has 2 aliphatic heterocycles. The van der Waals surface area contributed by atoms with Gasteiger partial charge < -0.3 is 10.2 Å². The van der Waals surface area contributed by atoms with E-state index in [-0.39, 0.29) is 5.91 Å². The largest absolute Gasteiger partial charge is 0.371 e. The van der Waals surface area contributed by atoms with Crippen molar-refractivity contribution in [1.82, 2.24) is 10.2 Å². The van der Waals surface area contributed by atoms with E-state index in [0.29, 0.717) is 18.5 Å². The van der Waals surface area contributed by atoms with Crippen LogP contribution in [0, 0.1) is 5.92 Å². The van der Waals surface area contributed by atoms with Crippen molar-refractivity contribution >= 4 is 11.6 Å². The number of benzene rings is 2. The van der Waals surface area contributed by atoms with Crippen molar-refractivity contribution in [2.24, 2.45) is 5.92 Å². The van der Waals surface area contributed by atoms with E-state index < -0.39 is 0 Å². The van der Waals surface area contributed by atoms with E-state index in [4.69, 9.17) is 0 Å². The molecule has 1 N–H and O–H groups in total. The van der Waals surface area contributed by atoms with Gasteiger partial charge >= 0.3 is 0 Å². The zero-order valence-electron chi connectivity index (χ0n) is 15.9. The van der Waals surface area contributed by atoms with Crippen molar-refractivity contribution in [3.8, 4) is 0 Å². The predicted molar refractivity (Wildman–Crippen MR) is 110 cm³/mol. The number of rotatable bonds is 6. The summed E-state index contributed by atoms with van der Waals surface area (Å²) in [6, 6.07) is 21.5. The molecular formula is C23H29N3O. The molecule has 2 aromatic rings. The lowest BCUT2D eigenvalue weighted by Crippen LogP contribution is -2.39. The first-order valence-corrected chi connectivity index (χ1v) is 10.2. The zero-order chi connectivity index (χ0) is 18.5. The molecule has 0 radical (unpaired) electrons. The Morgan fingerprint density at radius 1 is 0.963 bits per heavy atom. The van der Waals surface area contributed by atoms with Gasteiger partial charge in [-0.3, -0.25) is 9.69 Å². The molecule has 4 rings (SSSR count). The Balaban J connectivity index is 1.24. The Morgan fingerprint density at radius 2 is 1.70 bits per heavy atom. The molecule has 0 bridgehead atoms. The number of nitrogens with zero attached hydrogens (tertiary/aromatic N) is 2. The van der Waals surface area contributed by atoms with Gasteiger partial charge in [-0.1, -0.05) is 48.5 Å². The Kier molecular flexibility index (Phi) is 5.73. The third kappa shape index (κ3) is 4.51. The van der Waals surface area contributed by atoms with E-state index in [1.807, 2.05) is 0 Å². The molecule has 2 aliphatic rings. The lowest BCUT2D eigenvalue weighted by atomic mass is 10.0. The molecule has 0 unspecified atom stereocenters. The Hall–Kier alpha value is -2.33. The summed E-state index contributed by atoms with van der Waals surface area (Å²) in [7, 11) is 0. The molecule has 4 heteroatoms. The van der Waals surface area contributed by atoms with Crippen LogP contribution in [0.15, 0.2) is 60.7 Å². The van der Waals surface area contributed by atoms with Crippen LogP contribution >= 0.6 is 0 Å². The van der Waals surface area contributed by atoms with Crippen LogP contribution in [0.3, 0.4) is 0 Å². The van der Waals surface area contributed by atoms with Crippen LogP contribution in [0.2, 0.25) is 0 Å². The van der Waals surface area contributed by atoms with Crippen molar-refractivity contribution in [3.63, 3.8) is 0 Å². The molecule has 142 valence electrons. The van der Waals surface area contributed by atoms with E-state index in [2.05, 4.69) is 75.8 Å². The summed E-state index contributed by atoms with van der Waals surface area (Å²) in [6.45, 7) is 4.41. The SMILES string of the molecule is O=C(CN1CCC[C@@H]1c1ccccc1)NC[C@H]1CCN(c2ccccc2)C1. The number of likely N-dealkylation sites (tertiary alicyclic amines) is 1. The third-order valence-corrected chi connectivity index (χ3v) is 5.89. The molecule has 27 heavy (non-hydrogen) atoms. The Labute approximate surface area is 162 Å². The number of hydrogen-bond acceptors (Lipinski definition) is 3. The summed E-state index contributed by atoms with van der Waals surface area (Å²) < 4.78 is 0. The van der Waals surface area contributed by atoms with Gasteiger partial charge in [-0.05, 0) is 49.4 Å². The maximum absolute atomic E-state index is 12.5. The maximum atomic E-state index is 12.5. The number of amides is 1. The standard InChI is InChI=1S/C23H29N3O/c27-23(18-26-14-7-12-22(26)20-8-3-1-4-9-20)24-16-19-13-15-25(17-19)21-10-5-2-6-11-21/h1-6,8-11,19,22H,7,12-18H2,(H,24,27)/t19-,22-/m1/s1. The van der Waals surface area contributed by atoms with E-state index in [9.17, 15) is 4.79 Å². The van der Waals surface area contributed by atoms with E-state index in [1.54, 1.807) is 0 Å². The van der Waals surface area contributed by atoms with Crippen LogP contribution in [0.5, 0.6) is 0 Å². The Bertz CT molecular complexity index is 734. The normalized spacial score (nSPS) is 22.9. The third-order valence-electron chi connectivity index (χ3n) is 5.89. The number of para-hydroxylation sites is 1. The van der Waals surface area contributed by atoms with Gasteiger partial charge in [-0.25, -0.2) is 0 Å². The topological polar surface area (TPSA) is 35.6 Å². The second-order valence-electron chi connectivity index (χ2n) is 7.78. The van der Waals surface area contributed by atoms with Gasteiger partial charge in [-0.2, -0.15) is 0 Å². The van der Waals surface area contributed by atoms with Crippen molar-refractivity contribution in [2.75, 3.05) is 37.6 Å². The lowest BCUT2D eigenvalue weighted by Gasteiger charge is -2.24. The first-order valence-electron chi connectivity index (χ1n) is 10.2. The van der Waals surface area contributed by atoms with Gasteiger partial charge in [0, 0.05) is 31.4 Å². The summed E-state index contributed by atoms with van der Waals surface area (Å²) in [5, 5.41) is 3.19. The van der Waals surface area contributed by atoms with Gasteiger partial charge in [0.15, 0.2) is 0 Å². The van der Waals surface area contributed by atoms with Crippen molar-refractivity contribution in [2.45, 2.75) is 25.3 Å². The summed E-state index contributed by atoms with van der Waals surface area (Å²) in [4.78, 5) is 17.3. The van der Waals surface area contributed by atoms with Crippen molar-refractivity contribution < 1.29 is 4.79 Å². The molecule has 0 saturated carbocycles. The number of nitrogens with one attached hydrogen (secondary N) is 1. The highest BCUT2D eigenvalue weighted by molar-refractivity contribution is 5.78. The first-order chi connectivity index (χ1) is 13.3. The van der Waals surface area contributed by atoms with Gasteiger partial charge in [-0.15, -0.1) is 0 Å². The highest BCUT2D eigenvalue weighted by atomic mass is 16.2. The fourth-order valence-electron chi connectivity index (χ4n) is 4.44. The van der Waals surface area contributed by atoms with Crippen molar-refractivity contribution in [3.05, 3.63) is 66.2 Å². The predicted octanol–water partition coefficient (Wildman–Crippen LogP) is 3.47. The number of hydrogen-bond donors (Lipinski definition) is 1. The van der Waals surface area contributed by atoms with Crippen LogP contribution in [-0.2, 0) is 4.79 Å². The average Bonchev–Trinajstić information content (AvgIpc) is 3.37. The van der Waals surface area contributed by atoms with E-state index >= 15 is 0 Å². The maximum Gasteiger partial charge on any atom is 0.234 e. The minimum absolute atomic E-state index is 0.163. The van der Waals surface area contributed by atoms with Gasteiger partial charge in [0.25, 0.3) is 0 Å². The zero-order valence-corrected chi connectivity index (χ0v) is 15.9. The fraction of sp³-hybridized carbons (Fsp3) is 0.435. The van der Waals surface area contributed by atoms with Crippen LogP contribution in [-0.4, -0.2) is 43.5 Å². The fourth-order valence-corrected chi connectivity index (χ4v) is 4.44. The van der Waals surface area contributed by atoms with Crippen LogP contribution in [0.25, 0.3) is 0 Å².